The van der Waals surface area contributed by atoms with Gasteiger partial charge in [-0.25, -0.2) is 0 Å². The maximum absolute atomic E-state index is 11.9. The van der Waals surface area contributed by atoms with Gasteiger partial charge in [-0.1, -0.05) is 12.1 Å². The molecule has 4 rings (SSSR count). The lowest BCUT2D eigenvalue weighted by Crippen LogP contribution is -2.40. The van der Waals surface area contributed by atoms with Crippen molar-refractivity contribution in [1.82, 2.24) is 5.32 Å². The van der Waals surface area contributed by atoms with Gasteiger partial charge < -0.3 is 4.90 Å². The number of hydrogen-bond donors (Lipinski definition) is 1. The summed E-state index contributed by atoms with van der Waals surface area (Å²) >= 11 is 0. The number of rotatable bonds is 2. The van der Waals surface area contributed by atoms with Gasteiger partial charge in [-0.05, 0) is 30.5 Å². The number of piperidine rings is 1. The summed E-state index contributed by atoms with van der Waals surface area (Å²) in [5, 5.41) is 2.41. The highest BCUT2D eigenvalue weighted by Crippen LogP contribution is 2.46. The van der Waals surface area contributed by atoms with Gasteiger partial charge in [0.2, 0.25) is 11.8 Å². The molecule has 1 aromatic carbocycles. The summed E-state index contributed by atoms with van der Waals surface area (Å²) in [7, 11) is 0. The van der Waals surface area contributed by atoms with E-state index in [2.05, 4.69) is 22.3 Å². The summed E-state index contributed by atoms with van der Waals surface area (Å²) in [6.45, 7) is 1.95. The number of imide groups is 1. The predicted molar refractivity (Wildman–Crippen MR) is 85.1 cm³/mol. The smallest absolute Gasteiger partial charge is 0.234 e. The van der Waals surface area contributed by atoms with Crippen LogP contribution in [0.1, 0.15) is 43.6 Å². The van der Waals surface area contributed by atoms with Crippen molar-refractivity contribution in [3.05, 3.63) is 29.8 Å². The molecule has 1 unspecified atom stereocenters. The molecule has 1 saturated carbocycles. The molecular weight excluding hydrogens is 292 g/mol. The molecule has 2 heterocycles. The lowest BCUT2D eigenvalue weighted by atomic mass is 9.67. The topological polar surface area (TPSA) is 66.5 Å². The van der Waals surface area contributed by atoms with Crippen LogP contribution in [0.25, 0.3) is 0 Å². The lowest BCUT2D eigenvalue weighted by Gasteiger charge is -2.36. The van der Waals surface area contributed by atoms with Crippen molar-refractivity contribution in [2.75, 3.05) is 18.0 Å². The van der Waals surface area contributed by atoms with Gasteiger partial charge in [0.25, 0.3) is 0 Å². The first kappa shape index (κ1) is 14.4. The summed E-state index contributed by atoms with van der Waals surface area (Å²) < 4.78 is 0. The number of carbonyl (C=O) groups is 3. The number of anilines is 1. The molecule has 2 aliphatic heterocycles. The molecule has 1 N–H and O–H groups in total. The lowest BCUT2D eigenvalue weighted by molar-refractivity contribution is -0.134. The first-order valence-corrected chi connectivity index (χ1v) is 8.25. The Balaban J connectivity index is 1.45. The van der Waals surface area contributed by atoms with Gasteiger partial charge in [0, 0.05) is 43.5 Å². The highest BCUT2D eigenvalue weighted by molar-refractivity contribution is 6.00. The van der Waals surface area contributed by atoms with Crippen molar-refractivity contribution in [2.45, 2.75) is 38.0 Å². The van der Waals surface area contributed by atoms with Crippen LogP contribution in [0.4, 0.5) is 5.69 Å². The Morgan fingerprint density at radius 1 is 1.09 bits per heavy atom. The number of nitrogens with one attached hydrogen (secondary N) is 1. The van der Waals surface area contributed by atoms with Crippen LogP contribution in [0.15, 0.2) is 24.3 Å². The first-order chi connectivity index (χ1) is 11.0. The van der Waals surface area contributed by atoms with E-state index in [1.54, 1.807) is 0 Å². The second kappa shape index (κ2) is 5.18. The van der Waals surface area contributed by atoms with Gasteiger partial charge >= 0.3 is 0 Å². The van der Waals surface area contributed by atoms with Crippen LogP contribution in [0.2, 0.25) is 0 Å². The Labute approximate surface area is 135 Å². The van der Waals surface area contributed by atoms with Crippen LogP contribution in [0.3, 0.4) is 0 Å². The van der Waals surface area contributed by atoms with E-state index in [-0.39, 0.29) is 23.1 Å². The summed E-state index contributed by atoms with van der Waals surface area (Å²) in [6.07, 6.45) is 3.54. The van der Waals surface area contributed by atoms with Crippen LogP contribution in [-0.2, 0) is 14.4 Å². The molecule has 5 nitrogen and oxygen atoms in total. The van der Waals surface area contributed by atoms with Crippen LogP contribution in [0, 0.1) is 5.41 Å². The van der Waals surface area contributed by atoms with E-state index in [0.29, 0.717) is 18.6 Å². The molecule has 0 radical (unpaired) electrons. The Bertz CT molecular complexity index is 672. The van der Waals surface area contributed by atoms with E-state index in [4.69, 9.17) is 0 Å². The maximum Gasteiger partial charge on any atom is 0.234 e. The Morgan fingerprint density at radius 3 is 2.48 bits per heavy atom. The molecule has 2 amide bonds. The number of nitrogens with zero attached hydrogens (tertiary/aromatic N) is 1. The minimum absolute atomic E-state index is 0.180. The summed E-state index contributed by atoms with van der Waals surface area (Å²) in [5.74, 6) is -0.210. The normalized spacial score (nSPS) is 26.3. The fourth-order valence-electron chi connectivity index (χ4n) is 4.16. The fraction of sp³-hybridized carbons (Fsp3) is 0.500. The van der Waals surface area contributed by atoms with Gasteiger partial charge in [-0.2, -0.15) is 0 Å². The second-order valence-corrected chi connectivity index (χ2v) is 7.16. The summed E-state index contributed by atoms with van der Waals surface area (Å²) in [4.78, 5) is 36.8. The quantitative estimate of drug-likeness (QED) is 0.845. The van der Waals surface area contributed by atoms with E-state index >= 15 is 0 Å². The Kier molecular flexibility index (Phi) is 3.25. The standard InChI is InChI=1S/C18H20N2O3/c21-14-9-18(10-14)7-8-20(11-18)13-3-1-12(2-4-13)15-5-6-16(22)19-17(15)23/h1-4,15H,5-11H2,(H,19,22,23). The number of ketones is 1. The Hall–Kier alpha value is -2.17. The zero-order valence-corrected chi connectivity index (χ0v) is 13.0. The van der Waals surface area contributed by atoms with E-state index in [9.17, 15) is 14.4 Å². The second-order valence-electron chi connectivity index (χ2n) is 7.16. The molecule has 1 aromatic rings. The molecule has 1 spiro atoms. The molecule has 3 aliphatic rings. The monoisotopic (exact) mass is 312 g/mol. The van der Waals surface area contributed by atoms with Crippen molar-refractivity contribution in [3.8, 4) is 0 Å². The number of amides is 2. The van der Waals surface area contributed by atoms with Crippen LogP contribution in [-0.4, -0.2) is 30.7 Å². The third kappa shape index (κ3) is 2.54. The summed E-state index contributed by atoms with van der Waals surface area (Å²) in [5.41, 5.74) is 2.34. The largest absolute Gasteiger partial charge is 0.371 e. The van der Waals surface area contributed by atoms with Gasteiger partial charge in [-0.15, -0.1) is 0 Å². The first-order valence-electron chi connectivity index (χ1n) is 8.25. The van der Waals surface area contributed by atoms with Gasteiger partial charge in [-0.3, -0.25) is 19.7 Å². The fourth-order valence-corrected chi connectivity index (χ4v) is 4.16. The van der Waals surface area contributed by atoms with E-state index in [0.717, 1.165) is 43.6 Å². The third-order valence-corrected chi connectivity index (χ3v) is 5.48. The van der Waals surface area contributed by atoms with Crippen molar-refractivity contribution >= 4 is 23.3 Å². The number of Topliss-reactive ketones (excluding diaryl/α,β-unsaturated/α-hetero) is 1. The molecule has 120 valence electrons. The minimum Gasteiger partial charge on any atom is -0.371 e. The molecule has 1 aliphatic carbocycles. The van der Waals surface area contributed by atoms with E-state index in [1.165, 1.54) is 0 Å². The summed E-state index contributed by atoms with van der Waals surface area (Å²) in [6, 6.07) is 8.09. The zero-order chi connectivity index (χ0) is 16.0. The van der Waals surface area contributed by atoms with Gasteiger partial charge in [0.1, 0.15) is 5.78 Å². The predicted octanol–water partition coefficient (Wildman–Crippen LogP) is 1.77. The number of benzene rings is 1. The van der Waals surface area contributed by atoms with Crippen molar-refractivity contribution in [1.29, 1.82) is 0 Å². The molecule has 1 atom stereocenters. The molecule has 5 heteroatoms. The van der Waals surface area contributed by atoms with Gasteiger partial charge in [0.05, 0.1) is 5.92 Å². The van der Waals surface area contributed by atoms with Crippen molar-refractivity contribution in [2.24, 2.45) is 5.41 Å². The van der Waals surface area contributed by atoms with E-state index < -0.39 is 0 Å². The molecule has 0 aromatic heterocycles. The molecule has 23 heavy (non-hydrogen) atoms. The van der Waals surface area contributed by atoms with Crippen LogP contribution >= 0.6 is 0 Å². The van der Waals surface area contributed by atoms with Crippen molar-refractivity contribution < 1.29 is 14.4 Å². The average Bonchev–Trinajstić information content (AvgIpc) is 2.92. The minimum atomic E-state index is -0.226. The maximum atomic E-state index is 11.9. The number of carbonyl (C=O) groups excluding carboxylic acids is 3. The van der Waals surface area contributed by atoms with Gasteiger partial charge in [0.15, 0.2) is 0 Å². The molecule has 3 fully saturated rings. The van der Waals surface area contributed by atoms with Crippen LogP contribution < -0.4 is 10.2 Å². The molecule has 0 bridgehead atoms. The third-order valence-electron chi connectivity index (χ3n) is 5.48. The molecule has 2 saturated heterocycles. The van der Waals surface area contributed by atoms with E-state index in [1.807, 2.05) is 12.1 Å². The zero-order valence-electron chi connectivity index (χ0n) is 13.0. The molecular formula is C18H20N2O3. The Morgan fingerprint density at radius 2 is 1.83 bits per heavy atom. The SMILES string of the molecule is O=C1CC2(CCN(c3ccc(C4CCC(=O)NC4=O)cc3)C2)C1. The number of hydrogen-bond acceptors (Lipinski definition) is 4. The highest BCUT2D eigenvalue weighted by Gasteiger charge is 2.47. The average molecular weight is 312 g/mol. The van der Waals surface area contributed by atoms with Crippen molar-refractivity contribution in [3.63, 3.8) is 0 Å². The van der Waals surface area contributed by atoms with Crippen LogP contribution in [0.5, 0.6) is 0 Å². The highest BCUT2D eigenvalue weighted by atomic mass is 16.2.